The summed E-state index contributed by atoms with van der Waals surface area (Å²) in [5.74, 6) is 0.141. The summed E-state index contributed by atoms with van der Waals surface area (Å²) in [6, 6.07) is 12.9. The molecule has 5 heteroatoms. The van der Waals surface area contributed by atoms with Gasteiger partial charge < -0.3 is 10.6 Å². The number of fused-ring (bicyclic) bond motifs is 1. The van der Waals surface area contributed by atoms with Crippen LogP contribution in [0.3, 0.4) is 0 Å². The van der Waals surface area contributed by atoms with Gasteiger partial charge >= 0.3 is 0 Å². The van der Waals surface area contributed by atoms with Crippen LogP contribution in [0.25, 0.3) is 0 Å². The maximum Gasteiger partial charge on any atom is 0.251 e. The van der Waals surface area contributed by atoms with E-state index in [1.807, 2.05) is 30.3 Å². The number of carbonyl (C=O) groups is 2. The first-order valence-electron chi connectivity index (χ1n) is 8.43. The lowest BCUT2D eigenvalue weighted by molar-refractivity contribution is -0.116. The zero-order chi connectivity index (χ0) is 18.0. The minimum Gasteiger partial charge on any atom is -0.345 e. The maximum atomic E-state index is 12.7. The standard InChI is InChI=1S/C20H21ClN2O2/c1-12(2)19(13-3-7-16(21)8-4-13)23-20(25)15-5-9-17-14(11-15)6-10-18(24)22-17/h3-5,7-9,11-12,19H,6,10H2,1-2H3,(H,22,24)(H,23,25). The predicted octanol–water partition coefficient (Wildman–Crippen LogP) is 4.35. The van der Waals surface area contributed by atoms with Gasteiger partial charge in [-0.2, -0.15) is 0 Å². The monoisotopic (exact) mass is 356 g/mol. The van der Waals surface area contributed by atoms with Crippen LogP contribution < -0.4 is 10.6 Å². The number of benzene rings is 2. The van der Waals surface area contributed by atoms with E-state index in [4.69, 9.17) is 11.6 Å². The van der Waals surface area contributed by atoms with Crippen molar-refractivity contribution in [2.24, 2.45) is 5.92 Å². The Bertz CT molecular complexity index is 800. The second-order valence-corrected chi connectivity index (χ2v) is 7.10. The number of aryl methyl sites for hydroxylation is 1. The molecule has 2 aromatic rings. The van der Waals surface area contributed by atoms with Gasteiger partial charge in [-0.25, -0.2) is 0 Å². The largest absolute Gasteiger partial charge is 0.345 e. The van der Waals surface area contributed by atoms with Crippen LogP contribution in [0.4, 0.5) is 5.69 Å². The van der Waals surface area contributed by atoms with Gasteiger partial charge in [0, 0.05) is 22.7 Å². The van der Waals surface area contributed by atoms with Crippen molar-refractivity contribution in [1.29, 1.82) is 0 Å². The summed E-state index contributed by atoms with van der Waals surface area (Å²) in [4.78, 5) is 24.2. The number of hydrogen-bond acceptors (Lipinski definition) is 2. The van der Waals surface area contributed by atoms with Gasteiger partial charge in [-0.15, -0.1) is 0 Å². The van der Waals surface area contributed by atoms with Gasteiger partial charge in [0.25, 0.3) is 5.91 Å². The summed E-state index contributed by atoms with van der Waals surface area (Å²) in [5, 5.41) is 6.62. The van der Waals surface area contributed by atoms with E-state index in [-0.39, 0.29) is 23.8 Å². The fourth-order valence-electron chi connectivity index (χ4n) is 3.05. The van der Waals surface area contributed by atoms with E-state index in [1.54, 1.807) is 12.1 Å². The minimum absolute atomic E-state index is 0.0207. The Hall–Kier alpha value is -2.33. The molecule has 0 fully saturated rings. The van der Waals surface area contributed by atoms with E-state index in [9.17, 15) is 9.59 Å². The molecule has 25 heavy (non-hydrogen) atoms. The van der Waals surface area contributed by atoms with Gasteiger partial charge in [-0.1, -0.05) is 37.6 Å². The maximum absolute atomic E-state index is 12.7. The van der Waals surface area contributed by atoms with Crippen molar-refractivity contribution in [3.05, 3.63) is 64.2 Å². The van der Waals surface area contributed by atoms with Crippen LogP contribution in [0, 0.1) is 5.92 Å². The van der Waals surface area contributed by atoms with E-state index in [1.165, 1.54) is 0 Å². The van der Waals surface area contributed by atoms with Gasteiger partial charge in [0.05, 0.1) is 6.04 Å². The zero-order valence-electron chi connectivity index (χ0n) is 14.3. The molecule has 0 spiro atoms. The summed E-state index contributed by atoms with van der Waals surface area (Å²) < 4.78 is 0. The van der Waals surface area contributed by atoms with Crippen LogP contribution in [-0.4, -0.2) is 11.8 Å². The van der Waals surface area contributed by atoms with E-state index in [0.717, 1.165) is 16.8 Å². The lowest BCUT2D eigenvalue weighted by Crippen LogP contribution is -2.32. The van der Waals surface area contributed by atoms with Crippen LogP contribution in [0.2, 0.25) is 5.02 Å². The van der Waals surface area contributed by atoms with Gasteiger partial charge in [0.1, 0.15) is 0 Å². The van der Waals surface area contributed by atoms with Crippen molar-refractivity contribution in [3.8, 4) is 0 Å². The molecule has 0 radical (unpaired) electrons. The molecule has 130 valence electrons. The number of nitrogens with one attached hydrogen (secondary N) is 2. The summed E-state index contributed by atoms with van der Waals surface area (Å²) in [6.45, 7) is 4.14. The SMILES string of the molecule is CC(C)C(NC(=O)c1ccc2c(c1)CCC(=O)N2)c1ccc(Cl)cc1. The highest BCUT2D eigenvalue weighted by Crippen LogP contribution is 2.26. The summed E-state index contributed by atoms with van der Waals surface area (Å²) in [7, 11) is 0. The highest BCUT2D eigenvalue weighted by molar-refractivity contribution is 6.30. The third kappa shape index (κ3) is 4.02. The molecule has 0 bridgehead atoms. The molecule has 3 rings (SSSR count). The third-order valence-corrected chi connectivity index (χ3v) is 4.70. The van der Waals surface area contributed by atoms with Gasteiger partial charge in [0.15, 0.2) is 0 Å². The Morgan fingerprint density at radius 1 is 1.12 bits per heavy atom. The number of hydrogen-bond donors (Lipinski definition) is 2. The average molecular weight is 357 g/mol. The van der Waals surface area contributed by atoms with Crippen molar-refractivity contribution in [1.82, 2.24) is 5.32 Å². The van der Waals surface area contributed by atoms with E-state index in [0.29, 0.717) is 23.4 Å². The van der Waals surface area contributed by atoms with Gasteiger partial charge in [-0.3, -0.25) is 9.59 Å². The molecule has 1 aliphatic rings. The quantitative estimate of drug-likeness (QED) is 0.855. The fraction of sp³-hybridized carbons (Fsp3) is 0.300. The van der Waals surface area contributed by atoms with E-state index in [2.05, 4.69) is 24.5 Å². The molecule has 1 aliphatic heterocycles. The molecule has 2 amide bonds. The molecule has 4 nitrogen and oxygen atoms in total. The zero-order valence-corrected chi connectivity index (χ0v) is 15.1. The van der Waals surface area contributed by atoms with Crippen LogP contribution in [-0.2, 0) is 11.2 Å². The molecule has 0 aliphatic carbocycles. The Morgan fingerprint density at radius 2 is 1.84 bits per heavy atom. The minimum atomic E-state index is -0.117. The smallest absolute Gasteiger partial charge is 0.251 e. The average Bonchev–Trinajstić information content (AvgIpc) is 2.59. The van der Waals surface area contributed by atoms with Gasteiger partial charge in [0.2, 0.25) is 5.91 Å². The van der Waals surface area contributed by atoms with Crippen molar-refractivity contribution < 1.29 is 9.59 Å². The van der Waals surface area contributed by atoms with Crippen LogP contribution in [0.15, 0.2) is 42.5 Å². The molecular formula is C20H21ClN2O2. The lowest BCUT2D eigenvalue weighted by Gasteiger charge is -2.24. The molecule has 2 N–H and O–H groups in total. The molecule has 1 unspecified atom stereocenters. The number of rotatable bonds is 4. The Morgan fingerprint density at radius 3 is 2.52 bits per heavy atom. The topological polar surface area (TPSA) is 58.2 Å². The molecule has 0 aromatic heterocycles. The van der Waals surface area contributed by atoms with Gasteiger partial charge in [-0.05, 0) is 53.8 Å². The number of carbonyl (C=O) groups excluding carboxylic acids is 2. The highest BCUT2D eigenvalue weighted by Gasteiger charge is 2.21. The van der Waals surface area contributed by atoms with Crippen molar-refractivity contribution in [3.63, 3.8) is 0 Å². The predicted molar refractivity (Wildman–Crippen MR) is 99.9 cm³/mol. The van der Waals surface area contributed by atoms with E-state index < -0.39 is 0 Å². The summed E-state index contributed by atoms with van der Waals surface area (Å²) in [5.41, 5.74) is 3.43. The number of anilines is 1. The van der Waals surface area contributed by atoms with Crippen molar-refractivity contribution >= 4 is 29.1 Å². The molecular weight excluding hydrogens is 336 g/mol. The first-order valence-corrected chi connectivity index (χ1v) is 8.81. The molecule has 0 saturated heterocycles. The first kappa shape index (κ1) is 17.5. The Kier molecular flexibility index (Phi) is 5.09. The van der Waals surface area contributed by atoms with E-state index >= 15 is 0 Å². The van der Waals surface area contributed by atoms with Crippen molar-refractivity contribution in [2.75, 3.05) is 5.32 Å². The lowest BCUT2D eigenvalue weighted by atomic mass is 9.95. The molecule has 0 saturated carbocycles. The van der Waals surface area contributed by atoms with Crippen LogP contribution in [0.1, 0.15) is 47.8 Å². The van der Waals surface area contributed by atoms with Crippen LogP contribution >= 0.6 is 11.6 Å². The van der Waals surface area contributed by atoms with Crippen LogP contribution in [0.5, 0.6) is 0 Å². The Balaban J connectivity index is 1.80. The molecule has 1 atom stereocenters. The number of halogens is 1. The summed E-state index contributed by atoms with van der Waals surface area (Å²) in [6.07, 6.45) is 1.12. The Labute approximate surface area is 152 Å². The summed E-state index contributed by atoms with van der Waals surface area (Å²) >= 11 is 5.96. The first-order chi connectivity index (χ1) is 11.9. The second kappa shape index (κ2) is 7.28. The fourth-order valence-corrected chi connectivity index (χ4v) is 3.18. The van der Waals surface area contributed by atoms with Crippen molar-refractivity contribution in [2.45, 2.75) is 32.7 Å². The number of amides is 2. The highest BCUT2D eigenvalue weighted by atomic mass is 35.5. The molecule has 1 heterocycles. The third-order valence-electron chi connectivity index (χ3n) is 4.45. The normalized spacial score (nSPS) is 14.6. The molecule has 2 aromatic carbocycles. The second-order valence-electron chi connectivity index (χ2n) is 6.67.